The van der Waals surface area contributed by atoms with Gasteiger partial charge in [0.1, 0.15) is 11.6 Å². The number of hydrogen-bond acceptors (Lipinski definition) is 5. The number of oxazole rings is 1. The lowest BCUT2D eigenvalue weighted by molar-refractivity contribution is -0.142. The molecule has 2 N–H and O–H groups in total. The number of benzene rings is 1. The van der Waals surface area contributed by atoms with Crippen molar-refractivity contribution < 1.29 is 19.1 Å². The minimum absolute atomic E-state index is 0.168. The van der Waals surface area contributed by atoms with Crippen molar-refractivity contribution in [3.05, 3.63) is 24.3 Å². The Morgan fingerprint density at radius 1 is 1.38 bits per heavy atom. The Kier molecular flexibility index (Phi) is 4.69. The Bertz CT molecular complexity index is 701. The molecule has 2 aromatic rings. The van der Waals surface area contributed by atoms with Gasteiger partial charge in [-0.25, -0.2) is 4.79 Å². The van der Waals surface area contributed by atoms with Crippen LogP contribution in [0, 0.1) is 5.92 Å². The van der Waals surface area contributed by atoms with Gasteiger partial charge in [-0.3, -0.25) is 4.79 Å². The molecule has 1 unspecified atom stereocenters. The van der Waals surface area contributed by atoms with Crippen LogP contribution in [0.25, 0.3) is 11.1 Å². The second-order valence-electron chi connectivity index (χ2n) is 6.03. The third-order valence-corrected chi connectivity index (χ3v) is 4.44. The number of hydrogen-bond donors (Lipinski definition) is 2. The Morgan fingerprint density at radius 2 is 2.08 bits per heavy atom. The van der Waals surface area contributed by atoms with Crippen LogP contribution in [-0.4, -0.2) is 41.1 Å². The predicted octanol–water partition coefficient (Wildman–Crippen LogP) is 2.02. The number of aromatic nitrogens is 1. The number of carbonyl (C=O) groups excluding carboxylic acids is 1. The van der Waals surface area contributed by atoms with E-state index < -0.39 is 12.0 Å². The zero-order valence-corrected chi connectivity index (χ0v) is 13.6. The lowest BCUT2D eigenvalue weighted by Crippen LogP contribution is -2.46. The van der Waals surface area contributed by atoms with Crippen LogP contribution in [0.1, 0.15) is 26.2 Å². The zero-order chi connectivity index (χ0) is 17.1. The van der Waals surface area contributed by atoms with E-state index in [1.54, 1.807) is 6.92 Å². The highest BCUT2D eigenvalue weighted by Gasteiger charge is 2.29. The Balaban J connectivity index is 1.59. The molecule has 1 amide bonds. The smallest absolute Gasteiger partial charge is 0.326 e. The van der Waals surface area contributed by atoms with Crippen molar-refractivity contribution >= 4 is 29.0 Å². The molecular formula is C17H21N3O4. The molecule has 1 fully saturated rings. The molecule has 1 atom stereocenters. The van der Waals surface area contributed by atoms with Gasteiger partial charge in [-0.15, -0.1) is 0 Å². The number of carboxylic acid groups (broad SMARTS) is 1. The number of anilines is 1. The molecular weight excluding hydrogens is 310 g/mol. The summed E-state index contributed by atoms with van der Waals surface area (Å²) in [6.07, 6.45) is 1.68. The Hall–Kier alpha value is -2.57. The van der Waals surface area contributed by atoms with Crippen LogP contribution in [0.3, 0.4) is 0 Å². The van der Waals surface area contributed by atoms with E-state index >= 15 is 0 Å². The monoisotopic (exact) mass is 331 g/mol. The van der Waals surface area contributed by atoms with Crippen LogP contribution in [0.5, 0.6) is 0 Å². The van der Waals surface area contributed by atoms with Gasteiger partial charge >= 0.3 is 5.97 Å². The highest BCUT2D eigenvalue weighted by atomic mass is 16.4. The minimum atomic E-state index is -0.991. The van der Waals surface area contributed by atoms with Gasteiger partial charge in [-0.1, -0.05) is 19.1 Å². The summed E-state index contributed by atoms with van der Waals surface area (Å²) < 4.78 is 5.75. The Morgan fingerprint density at radius 3 is 2.71 bits per heavy atom. The first-order valence-electron chi connectivity index (χ1n) is 8.22. The predicted molar refractivity (Wildman–Crippen MR) is 88.8 cm³/mol. The lowest BCUT2D eigenvalue weighted by atomic mass is 9.95. The van der Waals surface area contributed by atoms with Crippen LogP contribution in [0.15, 0.2) is 28.7 Å². The number of nitrogens with zero attached hydrogens (tertiary/aromatic N) is 2. The number of aliphatic carboxylic acids is 1. The summed E-state index contributed by atoms with van der Waals surface area (Å²) in [6.45, 7) is 3.07. The van der Waals surface area contributed by atoms with E-state index in [-0.39, 0.29) is 11.8 Å². The van der Waals surface area contributed by atoms with Crippen molar-refractivity contribution in [1.82, 2.24) is 10.3 Å². The fourth-order valence-electron chi connectivity index (χ4n) is 2.96. The number of carbonyl (C=O) groups is 2. The molecule has 7 heteroatoms. The standard InChI is InChI=1S/C17H21N3O4/c1-2-12(16(22)23)18-15(21)11-7-9-20(10-8-11)17-19-13-5-3-4-6-14(13)24-17/h3-6,11-12H,2,7-10H2,1H3,(H,18,21)(H,22,23). The molecule has 7 nitrogen and oxygen atoms in total. The normalized spacial score (nSPS) is 17.0. The van der Waals surface area contributed by atoms with Crippen molar-refractivity contribution in [3.8, 4) is 0 Å². The number of para-hydroxylation sites is 2. The number of amides is 1. The summed E-state index contributed by atoms with van der Waals surface area (Å²) in [5, 5.41) is 11.7. The summed E-state index contributed by atoms with van der Waals surface area (Å²) >= 11 is 0. The van der Waals surface area contributed by atoms with Crippen molar-refractivity contribution in [2.24, 2.45) is 5.92 Å². The molecule has 1 saturated heterocycles. The van der Waals surface area contributed by atoms with Gasteiger partial charge in [-0.05, 0) is 31.4 Å². The molecule has 0 radical (unpaired) electrons. The molecule has 0 saturated carbocycles. The molecule has 24 heavy (non-hydrogen) atoms. The quantitative estimate of drug-likeness (QED) is 0.870. The maximum Gasteiger partial charge on any atom is 0.326 e. The van der Waals surface area contributed by atoms with Gasteiger partial charge < -0.3 is 19.7 Å². The van der Waals surface area contributed by atoms with E-state index in [1.807, 2.05) is 29.2 Å². The van der Waals surface area contributed by atoms with Crippen LogP contribution in [0.2, 0.25) is 0 Å². The summed E-state index contributed by atoms with van der Waals surface area (Å²) in [6, 6.07) is 7.36. The van der Waals surface area contributed by atoms with Gasteiger partial charge in [0, 0.05) is 19.0 Å². The second-order valence-corrected chi connectivity index (χ2v) is 6.03. The van der Waals surface area contributed by atoms with Crippen molar-refractivity contribution in [2.75, 3.05) is 18.0 Å². The van der Waals surface area contributed by atoms with Gasteiger partial charge in [-0.2, -0.15) is 4.98 Å². The fraction of sp³-hybridized carbons (Fsp3) is 0.471. The molecule has 0 aliphatic carbocycles. The van der Waals surface area contributed by atoms with Crippen LogP contribution < -0.4 is 10.2 Å². The highest BCUT2D eigenvalue weighted by Crippen LogP contribution is 2.26. The molecule has 1 aromatic heterocycles. The lowest BCUT2D eigenvalue weighted by Gasteiger charge is -2.30. The number of fused-ring (bicyclic) bond motifs is 1. The molecule has 0 bridgehead atoms. The first-order chi connectivity index (χ1) is 11.6. The van der Waals surface area contributed by atoms with Crippen molar-refractivity contribution in [1.29, 1.82) is 0 Å². The maximum absolute atomic E-state index is 12.2. The minimum Gasteiger partial charge on any atom is -0.480 e. The first-order valence-corrected chi connectivity index (χ1v) is 8.22. The van der Waals surface area contributed by atoms with E-state index in [1.165, 1.54) is 0 Å². The average Bonchev–Trinajstić information content (AvgIpc) is 3.03. The number of nitrogens with one attached hydrogen (secondary N) is 1. The van der Waals surface area contributed by atoms with Gasteiger partial charge in [0.25, 0.3) is 6.01 Å². The summed E-state index contributed by atoms with van der Waals surface area (Å²) in [5.41, 5.74) is 1.57. The summed E-state index contributed by atoms with van der Waals surface area (Å²) in [5.74, 6) is -1.34. The SMILES string of the molecule is CCC(NC(=O)C1CCN(c2nc3ccccc3o2)CC1)C(=O)O. The zero-order valence-electron chi connectivity index (χ0n) is 13.6. The van der Waals surface area contributed by atoms with Crippen LogP contribution >= 0.6 is 0 Å². The number of rotatable bonds is 5. The van der Waals surface area contributed by atoms with Gasteiger partial charge in [0.15, 0.2) is 5.58 Å². The third-order valence-electron chi connectivity index (χ3n) is 4.44. The molecule has 128 valence electrons. The van der Waals surface area contributed by atoms with E-state index in [2.05, 4.69) is 10.3 Å². The van der Waals surface area contributed by atoms with E-state index in [4.69, 9.17) is 9.52 Å². The molecule has 2 heterocycles. The molecule has 1 aliphatic rings. The summed E-state index contributed by atoms with van der Waals surface area (Å²) in [4.78, 5) is 29.7. The first kappa shape index (κ1) is 16.3. The van der Waals surface area contributed by atoms with E-state index in [0.29, 0.717) is 38.4 Å². The maximum atomic E-state index is 12.2. The second kappa shape index (κ2) is 6.90. The van der Waals surface area contributed by atoms with Crippen molar-refractivity contribution in [2.45, 2.75) is 32.2 Å². The summed E-state index contributed by atoms with van der Waals surface area (Å²) in [7, 11) is 0. The fourth-order valence-corrected chi connectivity index (χ4v) is 2.96. The topological polar surface area (TPSA) is 95.7 Å². The molecule has 1 aliphatic heterocycles. The van der Waals surface area contributed by atoms with Gasteiger partial charge in [0.2, 0.25) is 5.91 Å². The van der Waals surface area contributed by atoms with Crippen LogP contribution in [0.4, 0.5) is 6.01 Å². The van der Waals surface area contributed by atoms with Crippen LogP contribution in [-0.2, 0) is 9.59 Å². The molecule has 1 aromatic carbocycles. The third kappa shape index (κ3) is 3.34. The molecule has 0 spiro atoms. The van der Waals surface area contributed by atoms with Crippen molar-refractivity contribution in [3.63, 3.8) is 0 Å². The largest absolute Gasteiger partial charge is 0.480 e. The highest BCUT2D eigenvalue weighted by molar-refractivity contribution is 5.85. The number of piperidine rings is 1. The number of carboxylic acids is 1. The van der Waals surface area contributed by atoms with Gasteiger partial charge in [0.05, 0.1) is 0 Å². The average molecular weight is 331 g/mol. The molecule has 3 rings (SSSR count). The van der Waals surface area contributed by atoms with E-state index in [0.717, 1.165) is 11.1 Å². The van der Waals surface area contributed by atoms with E-state index in [9.17, 15) is 9.59 Å². The Labute approximate surface area is 139 Å².